The number of aryl methyl sites for hydroxylation is 2. The fourth-order valence-electron chi connectivity index (χ4n) is 4.23. The van der Waals surface area contributed by atoms with E-state index < -0.39 is 5.63 Å². The molecule has 0 amide bonds. The zero-order valence-corrected chi connectivity index (χ0v) is 19.8. The van der Waals surface area contributed by atoms with E-state index in [0.717, 1.165) is 35.7 Å². The van der Waals surface area contributed by atoms with Crippen LogP contribution in [0.4, 0.5) is 0 Å². The smallest absolute Gasteiger partial charge is 0.336 e. The largest absolute Gasteiger partial charge is 0.508 e. The molecule has 5 rings (SSSR count). The Bertz CT molecular complexity index is 1650. The first-order valence-electron chi connectivity index (χ1n) is 11.2. The normalized spacial score (nSPS) is 11.7. The third-order valence-electron chi connectivity index (χ3n) is 6.04. The number of hydrogen-bond acceptors (Lipinski definition) is 7. The van der Waals surface area contributed by atoms with Gasteiger partial charge in [-0.05, 0) is 43.2 Å². The summed E-state index contributed by atoms with van der Waals surface area (Å²) in [5.74, 6) is 1.04. The maximum absolute atomic E-state index is 13.2. The van der Waals surface area contributed by atoms with Crippen molar-refractivity contribution >= 4 is 39.4 Å². The molecular weight excluding hydrogens is 452 g/mol. The molecule has 1 N–H and O–H groups in total. The quantitative estimate of drug-likeness (QED) is 0.207. The first-order chi connectivity index (χ1) is 16.5. The van der Waals surface area contributed by atoms with Gasteiger partial charge in [0, 0.05) is 29.3 Å². The number of nitrogens with zero attached hydrogens (tertiary/aromatic N) is 4. The van der Waals surface area contributed by atoms with E-state index in [1.165, 1.54) is 17.8 Å². The van der Waals surface area contributed by atoms with Crippen LogP contribution < -0.4 is 11.2 Å². The molecule has 0 atom stereocenters. The van der Waals surface area contributed by atoms with Crippen LogP contribution in [-0.2, 0) is 12.3 Å². The van der Waals surface area contributed by atoms with E-state index in [1.54, 1.807) is 23.6 Å². The number of thioether (sulfide) groups is 1. The average molecular weight is 477 g/mol. The van der Waals surface area contributed by atoms with Crippen LogP contribution in [0.1, 0.15) is 37.3 Å². The lowest BCUT2D eigenvalue weighted by molar-refractivity contribution is 0.468. The van der Waals surface area contributed by atoms with Gasteiger partial charge in [0.1, 0.15) is 11.3 Å². The van der Waals surface area contributed by atoms with E-state index >= 15 is 0 Å². The standard InChI is InChI=1S/C25H24N4O4S/c1-3-4-7-12-28-23(32)18-8-5-6-9-19(18)29-24(28)26-27-25(29)34-14-16-13-21(31)33-22-15(2)20(30)11-10-17(16)22/h5-6,8-11,13,30H,3-4,7,12,14H2,1-2H3. The minimum atomic E-state index is -0.474. The molecule has 9 heteroatoms. The van der Waals surface area contributed by atoms with Crippen LogP contribution in [0, 0.1) is 6.92 Å². The Hall–Kier alpha value is -3.59. The molecule has 0 aliphatic heterocycles. The fourth-order valence-corrected chi connectivity index (χ4v) is 5.16. The second-order valence-corrected chi connectivity index (χ2v) is 9.21. The van der Waals surface area contributed by atoms with Crippen molar-refractivity contribution in [3.63, 3.8) is 0 Å². The number of para-hydroxylation sites is 1. The van der Waals surface area contributed by atoms with Crippen molar-refractivity contribution < 1.29 is 9.52 Å². The fraction of sp³-hybridized carbons (Fsp3) is 0.280. The van der Waals surface area contributed by atoms with Gasteiger partial charge in [-0.1, -0.05) is 43.7 Å². The second kappa shape index (κ2) is 8.98. The highest BCUT2D eigenvalue weighted by Crippen LogP contribution is 2.31. The molecule has 34 heavy (non-hydrogen) atoms. The maximum atomic E-state index is 13.2. The molecule has 5 aromatic rings. The Morgan fingerprint density at radius 1 is 1.06 bits per heavy atom. The summed E-state index contributed by atoms with van der Waals surface area (Å²) in [5.41, 5.74) is 1.89. The lowest BCUT2D eigenvalue weighted by atomic mass is 10.1. The number of rotatable bonds is 7. The number of aromatic nitrogens is 4. The predicted molar refractivity (Wildman–Crippen MR) is 133 cm³/mol. The van der Waals surface area contributed by atoms with Crippen molar-refractivity contribution in [2.45, 2.75) is 50.6 Å². The highest BCUT2D eigenvalue weighted by Gasteiger charge is 2.18. The van der Waals surface area contributed by atoms with Crippen LogP contribution in [0.2, 0.25) is 0 Å². The first kappa shape index (κ1) is 22.2. The number of phenols is 1. The van der Waals surface area contributed by atoms with Crippen molar-refractivity contribution in [1.82, 2.24) is 19.2 Å². The molecule has 3 aromatic heterocycles. The number of aromatic hydroxyl groups is 1. The molecule has 0 unspecified atom stereocenters. The van der Waals surface area contributed by atoms with Gasteiger partial charge < -0.3 is 9.52 Å². The highest BCUT2D eigenvalue weighted by atomic mass is 32.2. The van der Waals surface area contributed by atoms with Crippen LogP contribution in [0.5, 0.6) is 5.75 Å². The summed E-state index contributed by atoms with van der Waals surface area (Å²) in [5, 5.41) is 20.8. The summed E-state index contributed by atoms with van der Waals surface area (Å²) in [6, 6.07) is 12.3. The molecule has 0 saturated heterocycles. The Morgan fingerprint density at radius 2 is 1.88 bits per heavy atom. The molecule has 0 aliphatic rings. The maximum Gasteiger partial charge on any atom is 0.336 e. The molecule has 0 spiro atoms. The molecule has 0 radical (unpaired) electrons. The molecule has 3 heterocycles. The zero-order valence-electron chi connectivity index (χ0n) is 18.9. The first-order valence-corrected chi connectivity index (χ1v) is 12.2. The molecule has 8 nitrogen and oxygen atoms in total. The lowest BCUT2D eigenvalue weighted by Gasteiger charge is -2.11. The van der Waals surface area contributed by atoms with Gasteiger partial charge in [0.15, 0.2) is 5.16 Å². The van der Waals surface area contributed by atoms with Crippen molar-refractivity contribution in [3.8, 4) is 5.75 Å². The monoisotopic (exact) mass is 476 g/mol. The van der Waals surface area contributed by atoms with Crippen molar-refractivity contribution in [2.24, 2.45) is 0 Å². The minimum absolute atomic E-state index is 0.0647. The van der Waals surface area contributed by atoms with Crippen molar-refractivity contribution in [2.75, 3.05) is 0 Å². The Balaban J connectivity index is 1.60. The minimum Gasteiger partial charge on any atom is -0.508 e. The van der Waals surface area contributed by atoms with Crippen molar-refractivity contribution in [1.29, 1.82) is 0 Å². The molecule has 0 saturated carbocycles. The van der Waals surface area contributed by atoms with Crippen molar-refractivity contribution in [3.05, 3.63) is 74.4 Å². The highest BCUT2D eigenvalue weighted by molar-refractivity contribution is 7.98. The van der Waals surface area contributed by atoms with Crippen LogP contribution in [0.25, 0.3) is 27.6 Å². The number of benzene rings is 2. The van der Waals surface area contributed by atoms with Gasteiger partial charge in [-0.2, -0.15) is 0 Å². The topological polar surface area (TPSA) is 103 Å². The van der Waals surface area contributed by atoms with E-state index in [9.17, 15) is 14.7 Å². The summed E-state index contributed by atoms with van der Waals surface area (Å²) in [6.07, 6.45) is 2.97. The van der Waals surface area contributed by atoms with Crippen LogP contribution in [0.15, 0.2) is 61.6 Å². The number of hydrogen-bond donors (Lipinski definition) is 1. The second-order valence-electron chi connectivity index (χ2n) is 8.26. The lowest BCUT2D eigenvalue weighted by Crippen LogP contribution is -2.23. The Morgan fingerprint density at radius 3 is 2.71 bits per heavy atom. The third kappa shape index (κ3) is 3.75. The zero-order chi connectivity index (χ0) is 23.8. The molecule has 0 bridgehead atoms. The van der Waals surface area contributed by atoms with Gasteiger partial charge in [0.05, 0.1) is 10.9 Å². The SMILES string of the molecule is CCCCCn1c(=O)c2ccccc2n2c(SCc3cc(=O)oc4c(C)c(O)ccc34)nnc12. The van der Waals surface area contributed by atoms with Crippen LogP contribution in [0.3, 0.4) is 0 Å². The van der Waals surface area contributed by atoms with Gasteiger partial charge in [0.25, 0.3) is 5.56 Å². The van der Waals surface area contributed by atoms with E-state index in [-0.39, 0.29) is 11.3 Å². The van der Waals surface area contributed by atoms with Crippen LogP contribution in [-0.4, -0.2) is 24.3 Å². The molecular formula is C25H24N4O4S. The number of fused-ring (bicyclic) bond motifs is 4. The molecule has 0 fully saturated rings. The van der Waals surface area contributed by atoms with Gasteiger partial charge in [-0.25, -0.2) is 4.79 Å². The summed E-state index contributed by atoms with van der Waals surface area (Å²) >= 11 is 1.43. The summed E-state index contributed by atoms with van der Waals surface area (Å²) in [7, 11) is 0. The molecule has 2 aromatic carbocycles. The Labute approximate surface area is 198 Å². The third-order valence-corrected chi connectivity index (χ3v) is 7.02. The van der Waals surface area contributed by atoms with Gasteiger partial charge in [-0.3, -0.25) is 13.8 Å². The number of unbranched alkanes of at least 4 members (excludes halogenated alkanes) is 2. The Kier molecular flexibility index (Phi) is 5.87. The summed E-state index contributed by atoms with van der Waals surface area (Å²) < 4.78 is 8.98. The van der Waals surface area contributed by atoms with E-state index in [1.807, 2.05) is 28.7 Å². The summed E-state index contributed by atoms with van der Waals surface area (Å²) in [6.45, 7) is 4.42. The van der Waals surface area contributed by atoms with Gasteiger partial charge >= 0.3 is 5.63 Å². The van der Waals surface area contributed by atoms with Crippen LogP contribution >= 0.6 is 11.8 Å². The van der Waals surface area contributed by atoms with Gasteiger partial charge in [0.2, 0.25) is 5.78 Å². The molecule has 0 aliphatic carbocycles. The average Bonchev–Trinajstić information content (AvgIpc) is 3.26. The predicted octanol–water partition coefficient (Wildman–Crippen LogP) is 4.65. The van der Waals surface area contributed by atoms with E-state index in [2.05, 4.69) is 17.1 Å². The summed E-state index contributed by atoms with van der Waals surface area (Å²) in [4.78, 5) is 25.4. The number of phenolic OH excluding ortho intramolecular Hbond substituents is 1. The van der Waals surface area contributed by atoms with E-state index in [4.69, 9.17) is 4.42 Å². The van der Waals surface area contributed by atoms with Gasteiger partial charge in [-0.15, -0.1) is 10.2 Å². The van der Waals surface area contributed by atoms with E-state index in [0.29, 0.717) is 39.8 Å². The molecule has 174 valence electrons.